The highest BCUT2D eigenvalue weighted by molar-refractivity contribution is 5.89. The van der Waals surface area contributed by atoms with Gasteiger partial charge in [-0.05, 0) is 74.5 Å². The van der Waals surface area contributed by atoms with Crippen molar-refractivity contribution >= 4 is 11.7 Å². The van der Waals surface area contributed by atoms with E-state index in [0.717, 1.165) is 50.9 Å². The van der Waals surface area contributed by atoms with Crippen LogP contribution in [0.15, 0.2) is 60.7 Å². The number of urea groups is 1. The molecule has 8 heteroatoms. The second-order valence-corrected chi connectivity index (χ2v) is 10.6. The Morgan fingerprint density at radius 2 is 1.74 bits per heavy atom. The molecule has 1 aliphatic carbocycles. The number of likely N-dealkylation sites (tertiary alicyclic amines) is 1. The first-order valence-corrected chi connectivity index (χ1v) is 13.4. The molecule has 0 aromatic heterocycles. The number of halogens is 2. The van der Waals surface area contributed by atoms with Crippen molar-refractivity contribution in [3.8, 4) is 11.5 Å². The van der Waals surface area contributed by atoms with Gasteiger partial charge in [-0.2, -0.15) is 0 Å². The van der Waals surface area contributed by atoms with Crippen molar-refractivity contribution in [3.63, 3.8) is 0 Å². The van der Waals surface area contributed by atoms with Crippen molar-refractivity contribution in [2.75, 3.05) is 26.1 Å². The molecule has 1 heterocycles. The third kappa shape index (κ3) is 5.57. The summed E-state index contributed by atoms with van der Waals surface area (Å²) >= 11 is 0. The molecule has 0 spiro atoms. The van der Waals surface area contributed by atoms with E-state index in [9.17, 15) is 13.6 Å². The fourth-order valence-electron chi connectivity index (χ4n) is 6.30. The topological polar surface area (TPSA) is 62.8 Å². The summed E-state index contributed by atoms with van der Waals surface area (Å²) in [5.41, 5.74) is 3.84. The van der Waals surface area contributed by atoms with E-state index in [1.165, 1.54) is 22.8 Å². The van der Waals surface area contributed by atoms with Gasteiger partial charge in [0, 0.05) is 35.8 Å². The summed E-state index contributed by atoms with van der Waals surface area (Å²) in [7, 11) is 3.29. The molecule has 6 nitrogen and oxygen atoms in total. The Morgan fingerprint density at radius 1 is 0.974 bits per heavy atom. The Morgan fingerprint density at radius 3 is 2.46 bits per heavy atom. The Balaban J connectivity index is 1.38. The van der Waals surface area contributed by atoms with Crippen LogP contribution in [0, 0.1) is 18.6 Å². The molecule has 1 saturated heterocycles. The van der Waals surface area contributed by atoms with Crippen molar-refractivity contribution in [1.29, 1.82) is 0 Å². The predicted molar refractivity (Wildman–Crippen MR) is 147 cm³/mol. The van der Waals surface area contributed by atoms with E-state index >= 15 is 0 Å². The normalized spacial score (nSPS) is 22.7. The maximum atomic E-state index is 13.6. The van der Waals surface area contributed by atoms with E-state index in [0.29, 0.717) is 11.5 Å². The summed E-state index contributed by atoms with van der Waals surface area (Å²) < 4.78 is 38.0. The van der Waals surface area contributed by atoms with Gasteiger partial charge in [-0.1, -0.05) is 35.9 Å². The van der Waals surface area contributed by atoms with Crippen molar-refractivity contribution < 1.29 is 23.0 Å². The first-order chi connectivity index (χ1) is 18.8. The minimum Gasteiger partial charge on any atom is -0.493 e. The fourth-order valence-corrected chi connectivity index (χ4v) is 6.30. The quantitative estimate of drug-likeness (QED) is 0.380. The molecule has 206 valence electrons. The highest BCUT2D eigenvalue weighted by Gasteiger charge is 2.51. The molecule has 3 aromatic carbocycles. The van der Waals surface area contributed by atoms with E-state index in [4.69, 9.17) is 9.47 Å². The first kappa shape index (κ1) is 26.9. The van der Waals surface area contributed by atoms with Crippen LogP contribution in [0.2, 0.25) is 0 Å². The number of rotatable bonds is 7. The number of hydrogen-bond donors (Lipinski definition) is 2. The number of benzene rings is 3. The van der Waals surface area contributed by atoms with Crippen LogP contribution in [0.3, 0.4) is 0 Å². The molecule has 2 amide bonds. The highest BCUT2D eigenvalue weighted by atomic mass is 19.2. The van der Waals surface area contributed by atoms with Crippen LogP contribution >= 0.6 is 0 Å². The van der Waals surface area contributed by atoms with Gasteiger partial charge in [0.25, 0.3) is 0 Å². The second-order valence-electron chi connectivity index (χ2n) is 10.6. The van der Waals surface area contributed by atoms with Gasteiger partial charge in [-0.25, -0.2) is 13.6 Å². The number of hydrogen-bond acceptors (Lipinski definition) is 4. The molecule has 2 aliphatic rings. The molecule has 2 fully saturated rings. The minimum absolute atomic E-state index is 0.0628. The lowest BCUT2D eigenvalue weighted by atomic mass is 9.65. The van der Waals surface area contributed by atoms with Gasteiger partial charge < -0.3 is 20.1 Å². The Kier molecular flexibility index (Phi) is 7.75. The number of nitrogens with one attached hydrogen (secondary N) is 2. The van der Waals surface area contributed by atoms with Crippen LogP contribution in [0.25, 0.3) is 0 Å². The average Bonchev–Trinajstić information content (AvgIpc) is 3.30. The summed E-state index contributed by atoms with van der Waals surface area (Å²) in [4.78, 5) is 15.3. The van der Waals surface area contributed by atoms with Crippen LogP contribution in [0.1, 0.15) is 42.4 Å². The SMILES string of the molecule is COc1ccc([C@@]23CC[C@H](NC(=O)Nc4ccc(F)c(F)c4)C[C@H]2N(Cc2ccc(C)cc2)CC3)cc1OC. The summed E-state index contributed by atoms with van der Waals surface area (Å²) in [6, 6.07) is 17.9. The summed E-state index contributed by atoms with van der Waals surface area (Å²) in [5, 5.41) is 5.72. The number of amides is 2. The second kappa shape index (κ2) is 11.2. The lowest BCUT2D eigenvalue weighted by Gasteiger charge is -2.45. The number of nitrogens with zero attached hydrogens (tertiary/aromatic N) is 1. The summed E-state index contributed by atoms with van der Waals surface area (Å²) in [5.74, 6) is -0.531. The number of methoxy groups -OCH3 is 2. The third-order valence-corrected chi connectivity index (χ3v) is 8.35. The summed E-state index contributed by atoms with van der Waals surface area (Å²) in [6.45, 7) is 3.86. The van der Waals surface area contributed by atoms with Gasteiger partial charge in [0.1, 0.15) is 0 Å². The van der Waals surface area contributed by atoms with Crippen LogP contribution < -0.4 is 20.1 Å². The number of carbonyl (C=O) groups is 1. The molecule has 0 bridgehead atoms. The predicted octanol–water partition coefficient (Wildman–Crippen LogP) is 6.18. The number of fused-ring (bicyclic) bond motifs is 1. The van der Waals surface area contributed by atoms with Gasteiger partial charge in [-0.3, -0.25) is 4.90 Å². The first-order valence-electron chi connectivity index (χ1n) is 13.4. The average molecular weight is 536 g/mol. The third-order valence-electron chi connectivity index (χ3n) is 8.35. The minimum atomic E-state index is -0.997. The smallest absolute Gasteiger partial charge is 0.319 e. The standard InChI is InChI=1S/C31H35F2N3O3/c1-20-4-6-21(7-5-20)19-36-15-14-31(22-8-11-27(38-2)28(16-22)39-3)13-12-24(18-29(31)36)35-30(37)34-23-9-10-25(32)26(33)17-23/h4-11,16-17,24,29H,12-15,18-19H2,1-3H3,(H2,34,35,37)/t24-,29+,31-/m0/s1. The zero-order valence-corrected chi connectivity index (χ0v) is 22.6. The van der Waals surface area contributed by atoms with Gasteiger partial charge in [-0.15, -0.1) is 0 Å². The number of ether oxygens (including phenoxy) is 2. The van der Waals surface area contributed by atoms with Crippen molar-refractivity contribution in [2.24, 2.45) is 0 Å². The molecule has 2 N–H and O–H groups in total. The van der Waals surface area contributed by atoms with Crippen LogP contribution in [-0.2, 0) is 12.0 Å². The number of aryl methyl sites for hydroxylation is 1. The maximum absolute atomic E-state index is 13.6. The molecule has 0 unspecified atom stereocenters. The highest BCUT2D eigenvalue weighted by Crippen LogP contribution is 2.50. The molecule has 3 atom stereocenters. The van der Waals surface area contributed by atoms with E-state index in [1.807, 2.05) is 6.07 Å². The largest absolute Gasteiger partial charge is 0.493 e. The van der Waals surface area contributed by atoms with Gasteiger partial charge in [0.15, 0.2) is 23.1 Å². The van der Waals surface area contributed by atoms with E-state index in [2.05, 4.69) is 58.9 Å². The number of carbonyl (C=O) groups excluding carboxylic acids is 1. The zero-order chi connectivity index (χ0) is 27.6. The molecule has 5 rings (SSSR count). The van der Waals surface area contributed by atoms with Gasteiger partial charge >= 0.3 is 6.03 Å². The van der Waals surface area contributed by atoms with E-state index in [-0.39, 0.29) is 23.2 Å². The molecular weight excluding hydrogens is 500 g/mol. The fraction of sp³-hybridized carbons (Fsp3) is 0.387. The van der Waals surface area contributed by atoms with Crippen LogP contribution in [-0.4, -0.2) is 43.8 Å². The Bertz CT molecular complexity index is 1330. The van der Waals surface area contributed by atoms with Gasteiger partial charge in [0.2, 0.25) is 0 Å². The monoisotopic (exact) mass is 535 g/mol. The number of anilines is 1. The van der Waals surface area contributed by atoms with Crippen molar-refractivity contribution in [2.45, 2.75) is 56.7 Å². The zero-order valence-electron chi connectivity index (χ0n) is 22.6. The van der Waals surface area contributed by atoms with Crippen molar-refractivity contribution in [3.05, 3.63) is 89.0 Å². The lowest BCUT2D eigenvalue weighted by molar-refractivity contribution is 0.131. The molecular formula is C31H35F2N3O3. The molecule has 1 saturated carbocycles. The molecule has 0 radical (unpaired) electrons. The van der Waals surface area contributed by atoms with E-state index < -0.39 is 17.7 Å². The van der Waals surface area contributed by atoms with Crippen LogP contribution in [0.4, 0.5) is 19.3 Å². The molecule has 3 aromatic rings. The molecule has 1 aliphatic heterocycles. The Labute approximate surface area is 228 Å². The van der Waals surface area contributed by atoms with Crippen LogP contribution in [0.5, 0.6) is 11.5 Å². The van der Waals surface area contributed by atoms with E-state index in [1.54, 1.807) is 14.2 Å². The maximum Gasteiger partial charge on any atom is 0.319 e. The van der Waals surface area contributed by atoms with Crippen molar-refractivity contribution in [1.82, 2.24) is 10.2 Å². The lowest BCUT2D eigenvalue weighted by Crippen LogP contribution is -2.52. The van der Waals surface area contributed by atoms with Gasteiger partial charge in [0.05, 0.1) is 14.2 Å². The summed E-state index contributed by atoms with van der Waals surface area (Å²) in [6.07, 6.45) is 3.47. The molecule has 39 heavy (non-hydrogen) atoms. The Hall–Kier alpha value is -3.65.